The van der Waals surface area contributed by atoms with Crippen molar-refractivity contribution in [2.24, 2.45) is 11.8 Å². The van der Waals surface area contributed by atoms with E-state index >= 15 is 0 Å². The summed E-state index contributed by atoms with van der Waals surface area (Å²) in [6.45, 7) is 5.62. The summed E-state index contributed by atoms with van der Waals surface area (Å²) < 4.78 is 5.44. The van der Waals surface area contributed by atoms with E-state index in [1.165, 1.54) is 0 Å². The van der Waals surface area contributed by atoms with Crippen LogP contribution in [0.2, 0.25) is 0 Å². The lowest BCUT2D eigenvalue weighted by Crippen LogP contribution is -2.55. The second kappa shape index (κ2) is 6.13. The van der Waals surface area contributed by atoms with Crippen LogP contribution in [0.1, 0.15) is 52.9 Å². The fraction of sp³-hybridized carbons (Fsp3) is 0.765. The van der Waals surface area contributed by atoms with Gasteiger partial charge in [-0.25, -0.2) is 0 Å². The number of ketones is 1. The van der Waals surface area contributed by atoms with Gasteiger partial charge in [0.25, 0.3) is 0 Å². The number of hydrogen-bond donors (Lipinski definition) is 2. The number of allylic oxidation sites excluding steroid dienone is 2. The highest BCUT2D eigenvalue weighted by Gasteiger charge is 2.71. The highest BCUT2D eigenvalue weighted by atomic mass is 16.6. The molecule has 0 aromatic heterocycles. The third kappa shape index (κ3) is 2.61. The summed E-state index contributed by atoms with van der Waals surface area (Å²) in [5, 5.41) is 19.7. The third-order valence-electron chi connectivity index (χ3n) is 5.18. The normalized spacial score (nSPS) is 38.3. The van der Waals surface area contributed by atoms with E-state index in [1.807, 2.05) is 19.9 Å². The first-order valence-corrected chi connectivity index (χ1v) is 8.01. The van der Waals surface area contributed by atoms with Gasteiger partial charge >= 0.3 is 5.97 Å². The van der Waals surface area contributed by atoms with Crippen molar-refractivity contribution >= 4 is 11.8 Å². The summed E-state index contributed by atoms with van der Waals surface area (Å²) in [4.78, 5) is 24.4. The van der Waals surface area contributed by atoms with Gasteiger partial charge < -0.3 is 14.9 Å². The van der Waals surface area contributed by atoms with Crippen molar-refractivity contribution in [1.29, 1.82) is 0 Å². The minimum atomic E-state index is -1.68. The molecular weight excluding hydrogens is 284 g/mol. The standard InChI is InChI=1S/C17H26O5/c1-11(7-5-9-18)6-4-8-16(3)17(21)13(19)10-12(2)14(17)15(20)22-16/h6,12,14,18,21H,4-5,7-10H2,1-3H3/b11-6+/t12-,14+,16-,17-/m1/s1. The number of carbonyl (C=O) groups excluding carboxylic acids is 2. The van der Waals surface area contributed by atoms with Gasteiger partial charge in [-0.1, -0.05) is 18.6 Å². The molecule has 0 aromatic carbocycles. The average Bonchev–Trinajstić information content (AvgIpc) is 2.79. The van der Waals surface area contributed by atoms with Gasteiger partial charge in [0, 0.05) is 13.0 Å². The molecule has 1 heterocycles. The molecule has 0 aromatic rings. The molecule has 124 valence electrons. The molecule has 1 saturated carbocycles. The molecule has 2 fully saturated rings. The Balaban J connectivity index is 2.10. The topological polar surface area (TPSA) is 83.8 Å². The average molecular weight is 310 g/mol. The zero-order chi connectivity index (χ0) is 16.5. The van der Waals surface area contributed by atoms with E-state index < -0.39 is 23.1 Å². The summed E-state index contributed by atoms with van der Waals surface area (Å²) in [5.41, 5.74) is -1.68. The Labute approximate surface area is 131 Å². The number of aliphatic hydroxyl groups excluding tert-OH is 1. The number of rotatable bonds is 6. The second-order valence-electron chi connectivity index (χ2n) is 6.92. The van der Waals surface area contributed by atoms with Crippen LogP contribution in [0.3, 0.4) is 0 Å². The molecule has 2 rings (SSSR count). The molecule has 0 radical (unpaired) electrons. The molecule has 0 bridgehead atoms. The van der Waals surface area contributed by atoms with Gasteiger partial charge in [0.2, 0.25) is 0 Å². The maximum Gasteiger partial charge on any atom is 0.313 e. The number of carbonyl (C=O) groups is 2. The van der Waals surface area contributed by atoms with Gasteiger partial charge in [-0.05, 0) is 45.4 Å². The molecule has 5 nitrogen and oxygen atoms in total. The zero-order valence-corrected chi connectivity index (χ0v) is 13.6. The van der Waals surface area contributed by atoms with E-state index in [1.54, 1.807) is 6.92 Å². The predicted octanol–water partition coefficient (Wildman–Crippen LogP) is 1.76. The van der Waals surface area contributed by atoms with Crippen LogP contribution >= 0.6 is 0 Å². The van der Waals surface area contributed by atoms with E-state index in [-0.39, 0.29) is 24.7 Å². The van der Waals surface area contributed by atoms with Crippen molar-refractivity contribution in [3.05, 3.63) is 11.6 Å². The van der Waals surface area contributed by atoms with Crippen molar-refractivity contribution in [1.82, 2.24) is 0 Å². The molecule has 0 amide bonds. The van der Waals surface area contributed by atoms with Gasteiger partial charge in [-0.3, -0.25) is 9.59 Å². The predicted molar refractivity (Wildman–Crippen MR) is 81.0 cm³/mol. The number of fused-ring (bicyclic) bond motifs is 1. The van der Waals surface area contributed by atoms with E-state index in [9.17, 15) is 14.7 Å². The summed E-state index contributed by atoms with van der Waals surface area (Å²) in [6.07, 6.45) is 4.83. The number of aliphatic hydroxyl groups is 2. The van der Waals surface area contributed by atoms with Crippen LogP contribution in [0.15, 0.2) is 11.6 Å². The van der Waals surface area contributed by atoms with Crippen molar-refractivity contribution < 1.29 is 24.5 Å². The lowest BCUT2D eigenvalue weighted by Gasteiger charge is -2.35. The first kappa shape index (κ1) is 17.2. The zero-order valence-electron chi connectivity index (χ0n) is 13.6. The highest BCUT2D eigenvalue weighted by Crippen LogP contribution is 2.53. The van der Waals surface area contributed by atoms with Crippen LogP contribution < -0.4 is 0 Å². The number of cyclic esters (lactones) is 1. The van der Waals surface area contributed by atoms with Crippen molar-refractivity contribution in [3.63, 3.8) is 0 Å². The lowest BCUT2D eigenvalue weighted by molar-refractivity contribution is -0.163. The molecule has 5 heteroatoms. The Morgan fingerprint density at radius 3 is 2.77 bits per heavy atom. The molecule has 2 aliphatic rings. The fourth-order valence-electron chi connectivity index (χ4n) is 3.84. The number of hydrogen-bond acceptors (Lipinski definition) is 5. The van der Waals surface area contributed by atoms with Gasteiger partial charge in [-0.2, -0.15) is 0 Å². The van der Waals surface area contributed by atoms with E-state index in [0.29, 0.717) is 12.8 Å². The van der Waals surface area contributed by atoms with Gasteiger partial charge in [-0.15, -0.1) is 0 Å². The van der Waals surface area contributed by atoms with Crippen LogP contribution in [0, 0.1) is 11.8 Å². The van der Waals surface area contributed by atoms with Crippen LogP contribution in [0.25, 0.3) is 0 Å². The fourth-order valence-corrected chi connectivity index (χ4v) is 3.84. The number of Topliss-reactive ketones (excluding diaryl/α,β-unsaturated/α-hetero) is 1. The minimum Gasteiger partial charge on any atom is -0.455 e. The van der Waals surface area contributed by atoms with E-state index in [0.717, 1.165) is 18.4 Å². The van der Waals surface area contributed by atoms with Crippen LogP contribution in [0.4, 0.5) is 0 Å². The third-order valence-corrected chi connectivity index (χ3v) is 5.18. The quantitative estimate of drug-likeness (QED) is 0.577. The summed E-state index contributed by atoms with van der Waals surface area (Å²) in [6, 6.07) is 0. The number of esters is 1. The molecular formula is C17H26O5. The molecule has 2 N–H and O–H groups in total. The van der Waals surface area contributed by atoms with E-state index in [2.05, 4.69) is 0 Å². The van der Waals surface area contributed by atoms with E-state index in [4.69, 9.17) is 9.84 Å². The summed E-state index contributed by atoms with van der Waals surface area (Å²) in [5.74, 6) is -1.64. The Kier molecular flexibility index (Phi) is 4.78. The highest BCUT2D eigenvalue weighted by molar-refractivity contribution is 6.00. The van der Waals surface area contributed by atoms with Crippen LogP contribution in [-0.2, 0) is 14.3 Å². The summed E-state index contributed by atoms with van der Waals surface area (Å²) >= 11 is 0. The monoisotopic (exact) mass is 310 g/mol. The largest absolute Gasteiger partial charge is 0.455 e. The molecule has 22 heavy (non-hydrogen) atoms. The first-order valence-electron chi connectivity index (χ1n) is 8.01. The summed E-state index contributed by atoms with van der Waals surface area (Å²) in [7, 11) is 0. The van der Waals surface area contributed by atoms with Crippen LogP contribution in [-0.4, -0.2) is 39.8 Å². The SMILES string of the molecule is C/C(=C\CC[C@@]1(C)OC(=O)[C@@H]2[C@H](C)CC(=O)[C@@]21O)CCCO. The second-order valence-corrected chi connectivity index (χ2v) is 6.92. The molecule has 0 spiro atoms. The first-order chi connectivity index (χ1) is 10.3. The Morgan fingerprint density at radius 1 is 1.45 bits per heavy atom. The van der Waals surface area contributed by atoms with Crippen molar-refractivity contribution in [2.45, 2.75) is 64.1 Å². The van der Waals surface area contributed by atoms with Gasteiger partial charge in [0.15, 0.2) is 11.4 Å². The van der Waals surface area contributed by atoms with Crippen molar-refractivity contribution in [2.75, 3.05) is 6.61 Å². The number of ether oxygens (including phenoxy) is 1. The Bertz CT molecular complexity index is 497. The molecule has 0 unspecified atom stereocenters. The molecule has 1 aliphatic heterocycles. The smallest absolute Gasteiger partial charge is 0.313 e. The molecule has 4 atom stereocenters. The lowest BCUT2D eigenvalue weighted by atomic mass is 9.75. The molecule has 1 saturated heterocycles. The van der Waals surface area contributed by atoms with Gasteiger partial charge in [0.05, 0.1) is 5.92 Å². The van der Waals surface area contributed by atoms with Crippen molar-refractivity contribution in [3.8, 4) is 0 Å². The van der Waals surface area contributed by atoms with Crippen LogP contribution in [0.5, 0.6) is 0 Å². The maximum absolute atomic E-state index is 12.3. The minimum absolute atomic E-state index is 0.161. The maximum atomic E-state index is 12.3. The molecule has 1 aliphatic carbocycles. The Hall–Kier alpha value is -1.20. The van der Waals surface area contributed by atoms with Gasteiger partial charge in [0.1, 0.15) is 5.60 Å². The Morgan fingerprint density at radius 2 is 2.14 bits per heavy atom.